The van der Waals surface area contributed by atoms with Crippen molar-refractivity contribution < 1.29 is 14.6 Å². The molecule has 6 nitrogen and oxygen atoms in total. The van der Waals surface area contributed by atoms with Gasteiger partial charge in [0.05, 0.1) is 11.3 Å². The number of aromatic amines is 1. The standard InChI is InChI=1S/C21H23N3O3/c1-13-6-5-7-17-18(13)16(19(25)24-17)12-22-14-8-10-15(11-9-14)23-20(26)27-21(2,3)4/h5-12,24-25H,1-4H3,(H,23,26). The summed E-state index contributed by atoms with van der Waals surface area (Å²) in [5.74, 6) is 0.0891. The van der Waals surface area contributed by atoms with Gasteiger partial charge in [-0.3, -0.25) is 10.3 Å². The Morgan fingerprint density at radius 1 is 1.19 bits per heavy atom. The first kappa shape index (κ1) is 18.5. The maximum absolute atomic E-state index is 11.8. The molecule has 3 aromatic rings. The van der Waals surface area contributed by atoms with E-state index in [1.54, 1.807) is 30.5 Å². The van der Waals surface area contributed by atoms with E-state index in [0.29, 0.717) is 16.9 Å². The number of H-pyrrole nitrogens is 1. The van der Waals surface area contributed by atoms with Crippen LogP contribution in [0.1, 0.15) is 31.9 Å². The van der Waals surface area contributed by atoms with Crippen molar-refractivity contribution in [2.45, 2.75) is 33.3 Å². The van der Waals surface area contributed by atoms with Crippen molar-refractivity contribution in [1.82, 2.24) is 4.98 Å². The fourth-order valence-electron chi connectivity index (χ4n) is 2.76. The van der Waals surface area contributed by atoms with Crippen molar-refractivity contribution in [2.75, 3.05) is 5.32 Å². The van der Waals surface area contributed by atoms with Crippen LogP contribution in [-0.4, -0.2) is 28.0 Å². The third-order valence-corrected chi connectivity index (χ3v) is 3.91. The number of carbonyl (C=O) groups is 1. The number of nitrogens with one attached hydrogen (secondary N) is 2. The van der Waals surface area contributed by atoms with Crippen LogP contribution in [0.4, 0.5) is 16.2 Å². The molecular formula is C21H23N3O3. The smallest absolute Gasteiger partial charge is 0.412 e. The number of aromatic nitrogens is 1. The van der Waals surface area contributed by atoms with Crippen LogP contribution in [0.3, 0.4) is 0 Å². The minimum atomic E-state index is -0.548. The number of benzene rings is 2. The quantitative estimate of drug-likeness (QED) is 0.552. The van der Waals surface area contributed by atoms with Crippen LogP contribution >= 0.6 is 0 Å². The SMILES string of the molecule is Cc1cccc2[nH]c(O)c(C=Nc3ccc(NC(=O)OC(C)(C)C)cc3)c12. The van der Waals surface area contributed by atoms with Crippen LogP contribution in [0.2, 0.25) is 0 Å². The molecule has 3 N–H and O–H groups in total. The first-order valence-electron chi connectivity index (χ1n) is 8.67. The average Bonchev–Trinajstić information content (AvgIpc) is 2.89. The van der Waals surface area contributed by atoms with Crippen LogP contribution in [0.15, 0.2) is 47.5 Å². The molecule has 0 aliphatic carbocycles. The van der Waals surface area contributed by atoms with E-state index in [4.69, 9.17) is 4.74 Å². The molecule has 0 radical (unpaired) electrons. The van der Waals surface area contributed by atoms with Gasteiger partial charge in [0.1, 0.15) is 5.60 Å². The van der Waals surface area contributed by atoms with Gasteiger partial charge in [-0.2, -0.15) is 0 Å². The highest BCUT2D eigenvalue weighted by molar-refractivity contribution is 6.04. The van der Waals surface area contributed by atoms with Crippen LogP contribution in [0.5, 0.6) is 5.88 Å². The van der Waals surface area contributed by atoms with Crippen LogP contribution in [0.25, 0.3) is 10.9 Å². The van der Waals surface area contributed by atoms with E-state index < -0.39 is 11.7 Å². The lowest BCUT2D eigenvalue weighted by Gasteiger charge is -2.19. The minimum Gasteiger partial charge on any atom is -0.494 e. The number of aliphatic imine (C=N–C) groups is 1. The van der Waals surface area contributed by atoms with Gasteiger partial charge in [0, 0.05) is 22.8 Å². The highest BCUT2D eigenvalue weighted by Gasteiger charge is 2.16. The van der Waals surface area contributed by atoms with E-state index >= 15 is 0 Å². The van der Waals surface area contributed by atoms with E-state index in [0.717, 1.165) is 16.5 Å². The average molecular weight is 365 g/mol. The number of rotatable bonds is 3. The zero-order chi connectivity index (χ0) is 19.6. The zero-order valence-electron chi connectivity index (χ0n) is 15.8. The summed E-state index contributed by atoms with van der Waals surface area (Å²) in [5.41, 5.74) is 3.35. The molecule has 0 saturated carbocycles. The van der Waals surface area contributed by atoms with Gasteiger partial charge in [-0.25, -0.2) is 4.79 Å². The molecule has 0 bridgehead atoms. The molecule has 27 heavy (non-hydrogen) atoms. The van der Waals surface area contributed by atoms with Crippen LogP contribution < -0.4 is 5.32 Å². The summed E-state index contributed by atoms with van der Waals surface area (Å²) in [6.45, 7) is 7.43. The van der Waals surface area contributed by atoms with Gasteiger partial charge in [-0.1, -0.05) is 12.1 Å². The summed E-state index contributed by atoms with van der Waals surface area (Å²) in [6.07, 6.45) is 1.13. The summed E-state index contributed by atoms with van der Waals surface area (Å²) in [7, 11) is 0. The molecule has 1 aromatic heterocycles. The Kier molecular flexibility index (Phi) is 4.90. The van der Waals surface area contributed by atoms with Crippen molar-refractivity contribution in [3.63, 3.8) is 0 Å². The zero-order valence-corrected chi connectivity index (χ0v) is 15.8. The molecule has 140 valence electrons. The summed E-state index contributed by atoms with van der Waals surface area (Å²) in [5, 5.41) is 13.8. The van der Waals surface area contributed by atoms with Crippen molar-refractivity contribution in [3.05, 3.63) is 53.6 Å². The fraction of sp³-hybridized carbons (Fsp3) is 0.238. The first-order chi connectivity index (χ1) is 12.7. The minimum absolute atomic E-state index is 0.0891. The number of hydrogen-bond donors (Lipinski definition) is 3. The third kappa shape index (κ3) is 4.47. The van der Waals surface area contributed by atoms with Crippen molar-refractivity contribution in [3.8, 4) is 5.88 Å². The lowest BCUT2D eigenvalue weighted by atomic mass is 10.1. The largest absolute Gasteiger partial charge is 0.494 e. The Labute approximate surface area is 157 Å². The summed E-state index contributed by atoms with van der Waals surface area (Å²) in [4.78, 5) is 19.2. The van der Waals surface area contributed by atoms with E-state index in [2.05, 4.69) is 15.3 Å². The van der Waals surface area contributed by atoms with E-state index in [1.165, 1.54) is 0 Å². The van der Waals surface area contributed by atoms with Gasteiger partial charge in [-0.05, 0) is 63.6 Å². The van der Waals surface area contributed by atoms with Crippen LogP contribution in [0, 0.1) is 6.92 Å². The molecule has 0 fully saturated rings. The van der Waals surface area contributed by atoms with E-state index in [1.807, 2.05) is 45.9 Å². The Bertz CT molecular complexity index is 996. The van der Waals surface area contributed by atoms with Gasteiger partial charge >= 0.3 is 6.09 Å². The Morgan fingerprint density at radius 2 is 1.89 bits per heavy atom. The summed E-state index contributed by atoms with van der Waals surface area (Å²) in [6, 6.07) is 12.9. The normalized spacial score (nSPS) is 11.9. The number of fused-ring (bicyclic) bond motifs is 1. The van der Waals surface area contributed by atoms with Crippen molar-refractivity contribution in [1.29, 1.82) is 0 Å². The number of aryl methyl sites for hydroxylation is 1. The Hall–Kier alpha value is -3.28. The van der Waals surface area contributed by atoms with Gasteiger partial charge < -0.3 is 14.8 Å². The van der Waals surface area contributed by atoms with Gasteiger partial charge in [0.25, 0.3) is 0 Å². The van der Waals surface area contributed by atoms with Gasteiger partial charge in [0.2, 0.25) is 0 Å². The number of nitrogens with zero attached hydrogens (tertiary/aromatic N) is 1. The number of amides is 1. The van der Waals surface area contributed by atoms with Crippen molar-refractivity contribution >= 4 is 34.6 Å². The second-order valence-electron chi connectivity index (χ2n) is 7.32. The highest BCUT2D eigenvalue weighted by Crippen LogP contribution is 2.29. The molecule has 0 unspecified atom stereocenters. The monoisotopic (exact) mass is 365 g/mol. The molecule has 2 aromatic carbocycles. The molecule has 0 atom stereocenters. The Morgan fingerprint density at radius 3 is 2.56 bits per heavy atom. The van der Waals surface area contributed by atoms with Crippen LogP contribution in [-0.2, 0) is 4.74 Å². The lowest BCUT2D eigenvalue weighted by Crippen LogP contribution is -2.27. The third-order valence-electron chi connectivity index (χ3n) is 3.91. The summed E-state index contributed by atoms with van der Waals surface area (Å²) < 4.78 is 5.22. The molecule has 0 spiro atoms. The number of hydrogen-bond acceptors (Lipinski definition) is 4. The molecule has 1 heterocycles. The van der Waals surface area contributed by atoms with Crippen molar-refractivity contribution in [2.24, 2.45) is 4.99 Å². The predicted molar refractivity (Wildman–Crippen MR) is 108 cm³/mol. The molecule has 0 aliphatic heterocycles. The number of aromatic hydroxyl groups is 1. The topological polar surface area (TPSA) is 86.7 Å². The molecule has 1 amide bonds. The number of carbonyl (C=O) groups excluding carboxylic acids is 1. The van der Waals surface area contributed by atoms with E-state index in [9.17, 15) is 9.90 Å². The molecular weight excluding hydrogens is 342 g/mol. The lowest BCUT2D eigenvalue weighted by molar-refractivity contribution is 0.0636. The Balaban J connectivity index is 1.76. The fourth-order valence-corrected chi connectivity index (χ4v) is 2.76. The predicted octanol–water partition coefficient (Wildman–Crippen LogP) is 5.28. The number of anilines is 1. The molecule has 6 heteroatoms. The first-order valence-corrected chi connectivity index (χ1v) is 8.67. The molecule has 0 saturated heterocycles. The molecule has 3 rings (SSSR count). The summed E-state index contributed by atoms with van der Waals surface area (Å²) >= 11 is 0. The second kappa shape index (κ2) is 7.15. The second-order valence-corrected chi connectivity index (χ2v) is 7.32. The van der Waals surface area contributed by atoms with Gasteiger partial charge in [0.15, 0.2) is 5.88 Å². The maximum Gasteiger partial charge on any atom is 0.412 e. The van der Waals surface area contributed by atoms with E-state index in [-0.39, 0.29) is 5.88 Å². The molecule has 0 aliphatic rings. The number of ether oxygens (including phenoxy) is 1. The maximum atomic E-state index is 11.8. The highest BCUT2D eigenvalue weighted by atomic mass is 16.6. The van der Waals surface area contributed by atoms with Gasteiger partial charge in [-0.15, -0.1) is 0 Å².